The topological polar surface area (TPSA) is 21.6 Å². The van der Waals surface area contributed by atoms with E-state index in [2.05, 4.69) is 4.99 Å². The van der Waals surface area contributed by atoms with Gasteiger partial charge in [-0.1, -0.05) is 18.2 Å². The van der Waals surface area contributed by atoms with E-state index in [-0.39, 0.29) is 24.3 Å². The Hall–Kier alpha value is -1.52. The van der Waals surface area contributed by atoms with Crippen LogP contribution < -0.4 is 0 Å². The Balaban J connectivity index is 2.07. The lowest BCUT2D eigenvalue weighted by atomic mass is 9.82. The second-order valence-electron chi connectivity index (χ2n) is 5.73. The predicted molar refractivity (Wildman–Crippen MR) is 69.7 cm³/mol. The van der Waals surface area contributed by atoms with Crippen LogP contribution in [0.3, 0.4) is 0 Å². The first-order valence-electron chi connectivity index (χ1n) is 6.68. The highest BCUT2D eigenvalue weighted by atomic mass is 19.2. The zero-order valence-electron chi connectivity index (χ0n) is 11.4. The smallest absolute Gasteiger partial charge is 0.181 e. The molecule has 0 spiro atoms. The van der Waals surface area contributed by atoms with Gasteiger partial charge >= 0.3 is 0 Å². The molecule has 0 amide bonds. The van der Waals surface area contributed by atoms with Crippen LogP contribution in [0, 0.1) is 5.82 Å². The van der Waals surface area contributed by atoms with Crippen molar-refractivity contribution in [3.8, 4) is 0 Å². The number of hydrogen-bond donors (Lipinski definition) is 0. The standard InChI is InChI=1S/C15H16F3NO/c1-9-19-14(2,10-5-3-4-6-11(10)16)12(17)13(20-9)15(18)7-8-15/h3-6,12-13H,7-8H2,1-2H3/t12-,13-,14+/m0/s1. The minimum absolute atomic E-state index is 0.129. The van der Waals surface area contributed by atoms with Crippen molar-refractivity contribution in [3.05, 3.63) is 35.6 Å². The van der Waals surface area contributed by atoms with Gasteiger partial charge in [0.2, 0.25) is 0 Å². The van der Waals surface area contributed by atoms with Crippen LogP contribution in [0.15, 0.2) is 29.3 Å². The van der Waals surface area contributed by atoms with Gasteiger partial charge < -0.3 is 4.74 Å². The van der Waals surface area contributed by atoms with Crippen LogP contribution >= 0.6 is 0 Å². The number of rotatable bonds is 2. The number of aliphatic imine (C=N–C) groups is 1. The van der Waals surface area contributed by atoms with Gasteiger partial charge in [0.1, 0.15) is 11.4 Å². The van der Waals surface area contributed by atoms with Crippen molar-refractivity contribution in [2.24, 2.45) is 4.99 Å². The van der Waals surface area contributed by atoms with Gasteiger partial charge in [0, 0.05) is 12.5 Å². The summed E-state index contributed by atoms with van der Waals surface area (Å²) >= 11 is 0. The highest BCUT2D eigenvalue weighted by Crippen LogP contribution is 2.51. The van der Waals surface area contributed by atoms with Crippen molar-refractivity contribution >= 4 is 5.90 Å². The van der Waals surface area contributed by atoms with Crippen molar-refractivity contribution in [2.45, 2.75) is 50.2 Å². The van der Waals surface area contributed by atoms with Gasteiger partial charge in [-0.05, 0) is 25.8 Å². The fourth-order valence-corrected chi connectivity index (χ4v) is 2.81. The van der Waals surface area contributed by atoms with E-state index >= 15 is 0 Å². The summed E-state index contributed by atoms with van der Waals surface area (Å²) < 4.78 is 48.3. The van der Waals surface area contributed by atoms with Gasteiger partial charge in [-0.15, -0.1) is 0 Å². The second kappa shape index (κ2) is 4.24. The van der Waals surface area contributed by atoms with Crippen LogP contribution in [-0.2, 0) is 10.3 Å². The lowest BCUT2D eigenvalue weighted by Gasteiger charge is -2.40. The fraction of sp³-hybridized carbons (Fsp3) is 0.533. The molecule has 1 aromatic carbocycles. The molecular formula is C15H16F3NO. The van der Waals surface area contributed by atoms with E-state index in [9.17, 15) is 13.2 Å². The summed E-state index contributed by atoms with van der Waals surface area (Å²) in [4.78, 5) is 4.13. The van der Waals surface area contributed by atoms with Crippen LogP contribution in [0.1, 0.15) is 32.3 Å². The van der Waals surface area contributed by atoms with Crippen LogP contribution in [0.4, 0.5) is 13.2 Å². The summed E-state index contributed by atoms with van der Waals surface area (Å²) in [5.74, 6) is -0.350. The van der Waals surface area contributed by atoms with Crippen molar-refractivity contribution in [1.29, 1.82) is 0 Å². The molecule has 20 heavy (non-hydrogen) atoms. The third-order valence-electron chi connectivity index (χ3n) is 4.15. The number of benzene rings is 1. The summed E-state index contributed by atoms with van der Waals surface area (Å²) in [5, 5.41) is 0. The van der Waals surface area contributed by atoms with Gasteiger partial charge in [0.15, 0.2) is 23.8 Å². The van der Waals surface area contributed by atoms with Crippen LogP contribution in [0.2, 0.25) is 0 Å². The Morgan fingerprint density at radius 1 is 1.30 bits per heavy atom. The van der Waals surface area contributed by atoms with Gasteiger partial charge in [-0.3, -0.25) is 0 Å². The maximum atomic E-state index is 14.8. The molecule has 3 atom stereocenters. The lowest BCUT2D eigenvalue weighted by molar-refractivity contribution is -0.0381. The van der Waals surface area contributed by atoms with E-state index in [1.165, 1.54) is 25.1 Å². The maximum Gasteiger partial charge on any atom is 0.181 e. The number of ether oxygens (including phenoxy) is 1. The number of hydrogen-bond acceptors (Lipinski definition) is 2. The molecule has 108 valence electrons. The van der Waals surface area contributed by atoms with Crippen molar-refractivity contribution in [2.75, 3.05) is 0 Å². The molecule has 3 rings (SSSR count). The Labute approximate surface area is 115 Å². The van der Waals surface area contributed by atoms with Gasteiger partial charge in [-0.25, -0.2) is 18.2 Å². The summed E-state index contributed by atoms with van der Waals surface area (Å²) in [6.07, 6.45) is -2.39. The monoisotopic (exact) mass is 283 g/mol. The van der Waals surface area contributed by atoms with E-state index < -0.39 is 29.3 Å². The van der Waals surface area contributed by atoms with Crippen molar-refractivity contribution < 1.29 is 17.9 Å². The molecule has 1 saturated carbocycles. The second-order valence-corrected chi connectivity index (χ2v) is 5.73. The highest BCUT2D eigenvalue weighted by Gasteiger charge is 2.61. The molecule has 1 fully saturated rings. The van der Waals surface area contributed by atoms with Crippen LogP contribution in [-0.4, -0.2) is 23.8 Å². The van der Waals surface area contributed by atoms with Crippen LogP contribution in [0.5, 0.6) is 0 Å². The molecule has 1 heterocycles. The van der Waals surface area contributed by atoms with E-state index in [1.807, 2.05) is 0 Å². The molecule has 0 N–H and O–H groups in total. The fourth-order valence-electron chi connectivity index (χ4n) is 2.81. The first-order valence-corrected chi connectivity index (χ1v) is 6.68. The Morgan fingerprint density at radius 2 is 1.95 bits per heavy atom. The zero-order valence-corrected chi connectivity index (χ0v) is 11.4. The van der Waals surface area contributed by atoms with Crippen molar-refractivity contribution in [1.82, 2.24) is 0 Å². The summed E-state index contributed by atoms with van der Waals surface area (Å²) in [7, 11) is 0. The molecule has 0 unspecified atom stereocenters. The molecular weight excluding hydrogens is 267 g/mol. The van der Waals surface area contributed by atoms with Crippen molar-refractivity contribution in [3.63, 3.8) is 0 Å². The average molecular weight is 283 g/mol. The quantitative estimate of drug-likeness (QED) is 0.811. The van der Waals surface area contributed by atoms with Gasteiger partial charge in [-0.2, -0.15) is 0 Å². The molecule has 0 aromatic heterocycles. The summed E-state index contributed by atoms with van der Waals surface area (Å²) in [6, 6.07) is 5.89. The SMILES string of the molecule is CC1=N[C@](C)(c2ccccc2F)[C@@H](F)[C@@H](C2(F)CC2)O1. The number of halogens is 3. The van der Waals surface area contributed by atoms with E-state index in [4.69, 9.17) is 4.74 Å². The average Bonchev–Trinajstić information content (AvgIpc) is 3.13. The molecule has 2 nitrogen and oxygen atoms in total. The van der Waals surface area contributed by atoms with E-state index in [0.29, 0.717) is 0 Å². The van der Waals surface area contributed by atoms with Gasteiger partial charge in [0.05, 0.1) is 0 Å². The zero-order chi connectivity index (χ0) is 14.5. The summed E-state index contributed by atoms with van der Waals surface area (Å²) in [6.45, 7) is 3.03. The number of nitrogens with zero attached hydrogens (tertiary/aromatic N) is 1. The molecule has 0 bridgehead atoms. The molecule has 1 aliphatic heterocycles. The Kier molecular flexibility index (Phi) is 2.85. The molecule has 0 radical (unpaired) electrons. The molecule has 2 aliphatic rings. The molecule has 1 aliphatic carbocycles. The third-order valence-corrected chi connectivity index (χ3v) is 4.15. The van der Waals surface area contributed by atoms with Crippen LogP contribution in [0.25, 0.3) is 0 Å². The van der Waals surface area contributed by atoms with E-state index in [0.717, 1.165) is 0 Å². The summed E-state index contributed by atoms with van der Waals surface area (Å²) in [5.41, 5.74) is -2.98. The highest BCUT2D eigenvalue weighted by molar-refractivity contribution is 5.75. The van der Waals surface area contributed by atoms with E-state index in [1.54, 1.807) is 13.0 Å². The lowest BCUT2D eigenvalue weighted by Crippen LogP contribution is -2.52. The largest absolute Gasteiger partial charge is 0.471 e. The van der Waals surface area contributed by atoms with Gasteiger partial charge in [0.25, 0.3) is 0 Å². The normalized spacial score (nSPS) is 35.1. The Morgan fingerprint density at radius 3 is 2.55 bits per heavy atom. The minimum atomic E-state index is -1.73. The first-order chi connectivity index (χ1) is 9.37. The maximum absolute atomic E-state index is 14.8. The molecule has 5 heteroatoms. The minimum Gasteiger partial charge on any atom is -0.471 e. The third kappa shape index (κ3) is 1.91. The first kappa shape index (κ1) is 13.5. The number of alkyl halides is 2. The Bertz CT molecular complexity index is 570. The predicted octanol–water partition coefficient (Wildman–Crippen LogP) is 3.70. The molecule has 1 aromatic rings. The molecule has 0 saturated heterocycles.